The molecule has 1 heterocycles. The molecule has 132 valence electrons. The summed E-state index contributed by atoms with van der Waals surface area (Å²) in [6.07, 6.45) is 0. The molecule has 0 N–H and O–H groups in total. The van der Waals surface area contributed by atoms with Crippen LogP contribution in [-0.4, -0.2) is 49.8 Å². The molecule has 2 aromatic rings. The summed E-state index contributed by atoms with van der Waals surface area (Å²) in [5.74, 6) is 1.56. The summed E-state index contributed by atoms with van der Waals surface area (Å²) in [6, 6.07) is 16.1. The molecule has 1 aliphatic rings. The first kappa shape index (κ1) is 18.1. The summed E-state index contributed by atoms with van der Waals surface area (Å²) in [6.45, 7) is 3.26. The van der Waals surface area contributed by atoms with E-state index in [1.54, 1.807) is 18.9 Å². The lowest BCUT2D eigenvalue weighted by Gasteiger charge is -2.36. The van der Waals surface area contributed by atoms with E-state index in [2.05, 4.69) is 33.0 Å². The van der Waals surface area contributed by atoms with Gasteiger partial charge in [0, 0.05) is 41.2 Å². The van der Waals surface area contributed by atoms with Gasteiger partial charge in [-0.25, -0.2) is 0 Å². The summed E-state index contributed by atoms with van der Waals surface area (Å²) >= 11 is 5.02. The maximum absolute atomic E-state index is 12.4. The predicted octanol–water partition coefficient (Wildman–Crippen LogP) is 3.90. The number of ether oxygens (including phenoxy) is 1. The fourth-order valence-electron chi connectivity index (χ4n) is 2.77. The van der Waals surface area contributed by atoms with Gasteiger partial charge in [0.2, 0.25) is 5.91 Å². The van der Waals surface area contributed by atoms with E-state index in [1.807, 2.05) is 41.3 Å². The highest BCUT2D eigenvalue weighted by atomic mass is 79.9. The minimum atomic E-state index is 0.210. The number of hydrogen-bond donors (Lipinski definition) is 0. The molecule has 6 heteroatoms. The van der Waals surface area contributed by atoms with Gasteiger partial charge in [0.1, 0.15) is 5.75 Å². The van der Waals surface area contributed by atoms with Gasteiger partial charge in [-0.1, -0.05) is 15.9 Å². The van der Waals surface area contributed by atoms with Gasteiger partial charge >= 0.3 is 0 Å². The molecular formula is C19H21BrN2O2S. The van der Waals surface area contributed by atoms with Crippen LogP contribution in [0.1, 0.15) is 0 Å². The van der Waals surface area contributed by atoms with E-state index in [9.17, 15) is 4.79 Å². The molecule has 3 rings (SSSR count). The van der Waals surface area contributed by atoms with Gasteiger partial charge in [0.15, 0.2) is 0 Å². The van der Waals surface area contributed by atoms with Crippen molar-refractivity contribution in [3.63, 3.8) is 0 Å². The number of benzene rings is 2. The van der Waals surface area contributed by atoms with Gasteiger partial charge in [0.25, 0.3) is 0 Å². The first-order chi connectivity index (χ1) is 12.2. The summed E-state index contributed by atoms with van der Waals surface area (Å²) in [4.78, 5) is 17.8. The number of methoxy groups -OCH3 is 1. The Morgan fingerprint density at radius 3 is 2.28 bits per heavy atom. The molecular weight excluding hydrogens is 400 g/mol. The van der Waals surface area contributed by atoms with E-state index >= 15 is 0 Å². The van der Waals surface area contributed by atoms with Crippen LogP contribution in [0.3, 0.4) is 0 Å². The van der Waals surface area contributed by atoms with Crippen LogP contribution in [0.15, 0.2) is 57.9 Å². The molecule has 0 atom stereocenters. The van der Waals surface area contributed by atoms with Crippen molar-refractivity contribution in [3.8, 4) is 5.75 Å². The zero-order valence-electron chi connectivity index (χ0n) is 14.2. The van der Waals surface area contributed by atoms with Gasteiger partial charge in [-0.05, 0) is 48.5 Å². The van der Waals surface area contributed by atoms with Gasteiger partial charge in [-0.2, -0.15) is 0 Å². The van der Waals surface area contributed by atoms with E-state index in [-0.39, 0.29) is 5.91 Å². The fraction of sp³-hybridized carbons (Fsp3) is 0.316. The van der Waals surface area contributed by atoms with Crippen LogP contribution in [0, 0.1) is 0 Å². The lowest BCUT2D eigenvalue weighted by Crippen LogP contribution is -2.49. The second-order valence-electron chi connectivity index (χ2n) is 5.81. The maximum atomic E-state index is 12.4. The Kier molecular flexibility index (Phi) is 6.26. The molecule has 0 spiro atoms. The first-order valence-corrected chi connectivity index (χ1v) is 9.99. The number of rotatable bonds is 5. The minimum absolute atomic E-state index is 0.210. The Bertz CT molecular complexity index is 698. The van der Waals surface area contributed by atoms with Crippen LogP contribution >= 0.6 is 27.7 Å². The molecule has 4 nitrogen and oxygen atoms in total. The lowest BCUT2D eigenvalue weighted by atomic mass is 10.2. The van der Waals surface area contributed by atoms with E-state index in [0.29, 0.717) is 5.75 Å². The Morgan fingerprint density at radius 2 is 1.68 bits per heavy atom. The molecule has 0 aliphatic carbocycles. The third-order valence-corrected chi connectivity index (χ3v) is 5.77. The van der Waals surface area contributed by atoms with Crippen LogP contribution in [0.5, 0.6) is 5.75 Å². The van der Waals surface area contributed by atoms with E-state index in [4.69, 9.17) is 4.74 Å². The Labute approximate surface area is 161 Å². The number of anilines is 1. The van der Waals surface area contributed by atoms with Crippen molar-refractivity contribution in [3.05, 3.63) is 53.0 Å². The summed E-state index contributed by atoms with van der Waals surface area (Å²) < 4.78 is 6.25. The quantitative estimate of drug-likeness (QED) is 0.686. The van der Waals surface area contributed by atoms with Crippen LogP contribution in [-0.2, 0) is 4.79 Å². The van der Waals surface area contributed by atoms with Crippen LogP contribution in [0.2, 0.25) is 0 Å². The highest BCUT2D eigenvalue weighted by Gasteiger charge is 2.21. The van der Waals surface area contributed by atoms with Crippen LogP contribution < -0.4 is 9.64 Å². The Balaban J connectivity index is 1.47. The number of amides is 1. The standard InChI is InChI=1S/C19H21BrN2O2S/c1-24-17-6-4-16(5-7-17)21-10-12-22(13-11-21)19(23)14-25-18-8-2-15(20)3-9-18/h2-9H,10-14H2,1H3. The van der Waals surface area contributed by atoms with Gasteiger partial charge < -0.3 is 14.5 Å². The molecule has 0 bridgehead atoms. The van der Waals surface area contributed by atoms with Crippen LogP contribution in [0.4, 0.5) is 5.69 Å². The monoisotopic (exact) mass is 420 g/mol. The third kappa shape index (κ3) is 4.92. The topological polar surface area (TPSA) is 32.8 Å². The van der Waals surface area contributed by atoms with Crippen molar-refractivity contribution in [1.82, 2.24) is 4.90 Å². The molecule has 1 amide bonds. The van der Waals surface area contributed by atoms with Crippen molar-refractivity contribution >= 4 is 39.3 Å². The van der Waals surface area contributed by atoms with Crippen LogP contribution in [0.25, 0.3) is 0 Å². The number of hydrogen-bond acceptors (Lipinski definition) is 4. The highest BCUT2D eigenvalue weighted by molar-refractivity contribution is 9.10. The zero-order valence-corrected chi connectivity index (χ0v) is 16.6. The molecule has 0 saturated carbocycles. The molecule has 0 unspecified atom stereocenters. The maximum Gasteiger partial charge on any atom is 0.233 e. The van der Waals surface area contributed by atoms with Crippen molar-refractivity contribution in [1.29, 1.82) is 0 Å². The normalized spacial score (nSPS) is 14.5. The molecule has 1 saturated heterocycles. The van der Waals surface area contributed by atoms with Gasteiger partial charge in [-0.15, -0.1) is 11.8 Å². The van der Waals surface area contributed by atoms with E-state index in [1.165, 1.54) is 5.69 Å². The zero-order chi connectivity index (χ0) is 17.6. The number of halogens is 1. The minimum Gasteiger partial charge on any atom is -0.497 e. The second-order valence-corrected chi connectivity index (χ2v) is 7.77. The molecule has 1 aliphatic heterocycles. The SMILES string of the molecule is COc1ccc(N2CCN(C(=O)CSc3ccc(Br)cc3)CC2)cc1. The molecule has 1 fully saturated rings. The highest BCUT2D eigenvalue weighted by Crippen LogP contribution is 2.23. The Morgan fingerprint density at radius 1 is 1.04 bits per heavy atom. The summed E-state index contributed by atoms with van der Waals surface area (Å²) in [7, 11) is 1.67. The molecule has 2 aromatic carbocycles. The average Bonchev–Trinajstić information content (AvgIpc) is 2.67. The predicted molar refractivity (Wildman–Crippen MR) is 107 cm³/mol. The van der Waals surface area contributed by atoms with E-state index in [0.717, 1.165) is 41.3 Å². The van der Waals surface area contributed by atoms with Gasteiger partial charge in [-0.3, -0.25) is 4.79 Å². The lowest BCUT2D eigenvalue weighted by molar-refractivity contribution is -0.128. The number of carbonyl (C=O) groups excluding carboxylic acids is 1. The average molecular weight is 421 g/mol. The summed E-state index contributed by atoms with van der Waals surface area (Å²) in [5, 5.41) is 0. The molecule has 0 radical (unpaired) electrons. The third-order valence-electron chi connectivity index (χ3n) is 4.25. The second kappa shape index (κ2) is 8.63. The molecule has 25 heavy (non-hydrogen) atoms. The summed E-state index contributed by atoms with van der Waals surface area (Å²) in [5.41, 5.74) is 1.18. The first-order valence-electron chi connectivity index (χ1n) is 8.21. The largest absolute Gasteiger partial charge is 0.497 e. The number of thioether (sulfide) groups is 1. The number of carbonyl (C=O) groups is 1. The number of nitrogens with zero attached hydrogens (tertiary/aromatic N) is 2. The Hall–Kier alpha value is -1.66. The number of piperazine rings is 1. The van der Waals surface area contributed by atoms with Gasteiger partial charge in [0.05, 0.1) is 12.9 Å². The fourth-order valence-corrected chi connectivity index (χ4v) is 3.84. The van der Waals surface area contributed by atoms with Crippen molar-refractivity contribution in [2.45, 2.75) is 4.90 Å². The molecule has 0 aromatic heterocycles. The van der Waals surface area contributed by atoms with E-state index < -0.39 is 0 Å². The van der Waals surface area contributed by atoms with Crippen molar-refractivity contribution in [2.24, 2.45) is 0 Å². The van der Waals surface area contributed by atoms with Crippen molar-refractivity contribution < 1.29 is 9.53 Å². The smallest absolute Gasteiger partial charge is 0.233 e. The van der Waals surface area contributed by atoms with Crippen molar-refractivity contribution in [2.75, 3.05) is 43.9 Å².